The topological polar surface area (TPSA) is 77.8 Å². The van der Waals surface area contributed by atoms with Crippen LogP contribution in [0.25, 0.3) is 0 Å². The van der Waals surface area contributed by atoms with Gasteiger partial charge in [-0.3, -0.25) is 0 Å². The monoisotopic (exact) mass is 272 g/mol. The summed E-state index contributed by atoms with van der Waals surface area (Å²) in [4.78, 5) is 8.97. The molecule has 4 fully saturated rings. The lowest BCUT2D eigenvalue weighted by Gasteiger charge is -2.56. The molecule has 0 aliphatic heterocycles. The highest BCUT2D eigenvalue weighted by atomic mass is 15.0. The first-order valence-corrected chi connectivity index (χ1v) is 8.01. The Kier molecular flexibility index (Phi) is 2.78. The van der Waals surface area contributed by atoms with Crippen LogP contribution < -0.4 is 11.5 Å². The van der Waals surface area contributed by atoms with E-state index in [4.69, 9.17) is 11.5 Å². The molecular weight excluding hydrogens is 248 g/mol. The maximum Gasteiger partial charge on any atom is 0.220 e. The van der Waals surface area contributed by atoms with Gasteiger partial charge in [0.15, 0.2) is 0 Å². The molecule has 4 aliphatic carbocycles. The average molecular weight is 272 g/mol. The number of rotatable bonds is 3. The van der Waals surface area contributed by atoms with Crippen molar-refractivity contribution in [1.82, 2.24) is 9.97 Å². The summed E-state index contributed by atoms with van der Waals surface area (Å²) in [5.41, 5.74) is 14.1. The average Bonchev–Trinajstić information content (AvgIpc) is 2.36. The van der Waals surface area contributed by atoms with Crippen molar-refractivity contribution in [3.8, 4) is 0 Å². The second-order valence-corrected chi connectivity index (χ2v) is 7.34. The third-order valence-corrected chi connectivity index (χ3v) is 5.78. The van der Waals surface area contributed by atoms with Gasteiger partial charge in [-0.05, 0) is 68.9 Å². The molecule has 4 saturated carbocycles. The maximum atomic E-state index is 5.95. The Morgan fingerprint density at radius 2 is 1.65 bits per heavy atom. The summed E-state index contributed by atoms with van der Waals surface area (Å²) in [6, 6.07) is 2.19. The van der Waals surface area contributed by atoms with Crippen molar-refractivity contribution in [3.05, 3.63) is 17.5 Å². The lowest BCUT2D eigenvalue weighted by Crippen LogP contribution is -2.49. The molecule has 0 spiro atoms. The Balaban J connectivity index is 1.73. The Hall–Kier alpha value is -1.16. The zero-order chi connectivity index (χ0) is 13.7. The van der Waals surface area contributed by atoms with E-state index >= 15 is 0 Å². The molecule has 0 saturated heterocycles. The van der Waals surface area contributed by atoms with Crippen LogP contribution in [0.3, 0.4) is 0 Å². The number of anilines is 1. The fourth-order valence-corrected chi connectivity index (χ4v) is 5.49. The summed E-state index contributed by atoms with van der Waals surface area (Å²) in [5.74, 6) is 3.21. The van der Waals surface area contributed by atoms with Gasteiger partial charge in [0.1, 0.15) is 0 Å². The standard InChI is InChI=1S/C16H24N4/c17-2-1-13-6-14(20-15(18)19-13)16-7-10-3-11(8-16)5-12(4-10)9-16/h6,10-12H,1-5,7-9,17H2,(H2,18,19,20). The Morgan fingerprint density at radius 3 is 2.20 bits per heavy atom. The SMILES string of the molecule is NCCc1cc(C23CC4CC(CC(C4)C2)C3)nc(N)n1. The van der Waals surface area contributed by atoms with E-state index in [1.54, 1.807) is 0 Å². The summed E-state index contributed by atoms with van der Waals surface area (Å²) in [6.07, 6.45) is 9.11. The van der Waals surface area contributed by atoms with Gasteiger partial charge >= 0.3 is 0 Å². The van der Waals surface area contributed by atoms with E-state index < -0.39 is 0 Å². The normalized spacial score (nSPS) is 38.4. The van der Waals surface area contributed by atoms with Crippen LogP contribution in [0.1, 0.15) is 49.9 Å². The van der Waals surface area contributed by atoms with E-state index in [0.717, 1.165) is 29.9 Å². The van der Waals surface area contributed by atoms with Gasteiger partial charge in [0.05, 0.1) is 5.69 Å². The van der Waals surface area contributed by atoms with Gasteiger partial charge in [0.25, 0.3) is 0 Å². The quantitative estimate of drug-likeness (QED) is 0.882. The molecule has 4 N–H and O–H groups in total. The lowest BCUT2D eigenvalue weighted by molar-refractivity contribution is -0.00723. The molecule has 0 amide bonds. The number of nitrogens with zero attached hydrogens (tertiary/aromatic N) is 2. The molecule has 4 bridgehead atoms. The van der Waals surface area contributed by atoms with E-state index in [1.165, 1.54) is 44.2 Å². The van der Waals surface area contributed by atoms with Gasteiger partial charge in [-0.15, -0.1) is 0 Å². The molecule has 1 aromatic rings. The van der Waals surface area contributed by atoms with Crippen LogP contribution in [0.2, 0.25) is 0 Å². The first-order valence-electron chi connectivity index (χ1n) is 8.01. The predicted octanol–water partition coefficient (Wildman–Crippen LogP) is 2.03. The van der Waals surface area contributed by atoms with Gasteiger partial charge in [0.2, 0.25) is 5.95 Å². The minimum atomic E-state index is 0.301. The van der Waals surface area contributed by atoms with Crippen molar-refractivity contribution in [2.24, 2.45) is 23.5 Å². The number of hydrogen-bond acceptors (Lipinski definition) is 4. The van der Waals surface area contributed by atoms with Crippen LogP contribution in [-0.2, 0) is 11.8 Å². The number of aromatic nitrogens is 2. The van der Waals surface area contributed by atoms with Crippen LogP contribution in [0.5, 0.6) is 0 Å². The zero-order valence-electron chi connectivity index (χ0n) is 12.0. The van der Waals surface area contributed by atoms with Crippen molar-refractivity contribution < 1.29 is 0 Å². The van der Waals surface area contributed by atoms with E-state index in [2.05, 4.69) is 16.0 Å². The third kappa shape index (κ3) is 1.93. The van der Waals surface area contributed by atoms with Gasteiger partial charge in [-0.25, -0.2) is 9.97 Å². The summed E-state index contributed by atoms with van der Waals surface area (Å²) >= 11 is 0. The molecule has 5 rings (SSSR count). The van der Waals surface area contributed by atoms with Crippen LogP contribution in [0.4, 0.5) is 5.95 Å². The minimum absolute atomic E-state index is 0.301. The van der Waals surface area contributed by atoms with Crippen LogP contribution in [-0.4, -0.2) is 16.5 Å². The van der Waals surface area contributed by atoms with Gasteiger partial charge in [-0.2, -0.15) is 0 Å². The van der Waals surface area contributed by atoms with Crippen LogP contribution >= 0.6 is 0 Å². The van der Waals surface area contributed by atoms with Crippen LogP contribution in [0.15, 0.2) is 6.07 Å². The Morgan fingerprint density at radius 1 is 1.05 bits per heavy atom. The number of nitrogen functional groups attached to an aromatic ring is 1. The number of hydrogen-bond donors (Lipinski definition) is 2. The molecule has 4 nitrogen and oxygen atoms in total. The Labute approximate surface area is 120 Å². The maximum absolute atomic E-state index is 5.95. The minimum Gasteiger partial charge on any atom is -0.368 e. The molecule has 1 heterocycles. The van der Waals surface area contributed by atoms with Crippen LogP contribution in [0, 0.1) is 17.8 Å². The van der Waals surface area contributed by atoms with Gasteiger partial charge < -0.3 is 11.5 Å². The summed E-state index contributed by atoms with van der Waals surface area (Å²) in [7, 11) is 0. The van der Waals surface area contributed by atoms with Crippen molar-refractivity contribution in [1.29, 1.82) is 0 Å². The molecular formula is C16H24N4. The van der Waals surface area contributed by atoms with Crippen molar-refractivity contribution in [2.75, 3.05) is 12.3 Å². The molecule has 0 unspecified atom stereocenters. The zero-order valence-corrected chi connectivity index (χ0v) is 12.0. The van der Waals surface area contributed by atoms with Crippen molar-refractivity contribution in [2.45, 2.75) is 50.4 Å². The number of nitrogens with two attached hydrogens (primary N) is 2. The first-order chi connectivity index (χ1) is 9.67. The van der Waals surface area contributed by atoms with Crippen molar-refractivity contribution >= 4 is 5.95 Å². The molecule has 1 aromatic heterocycles. The van der Waals surface area contributed by atoms with Crippen molar-refractivity contribution in [3.63, 3.8) is 0 Å². The lowest BCUT2D eigenvalue weighted by atomic mass is 9.49. The Bertz CT molecular complexity index is 490. The highest BCUT2D eigenvalue weighted by Gasteiger charge is 2.52. The second-order valence-electron chi connectivity index (χ2n) is 7.34. The fraction of sp³-hybridized carbons (Fsp3) is 0.750. The molecule has 108 valence electrons. The summed E-state index contributed by atoms with van der Waals surface area (Å²) in [5, 5.41) is 0. The smallest absolute Gasteiger partial charge is 0.220 e. The highest BCUT2D eigenvalue weighted by Crippen LogP contribution is 2.60. The molecule has 20 heavy (non-hydrogen) atoms. The first kappa shape index (κ1) is 12.6. The fourth-order valence-electron chi connectivity index (χ4n) is 5.49. The highest BCUT2D eigenvalue weighted by molar-refractivity contribution is 5.30. The van der Waals surface area contributed by atoms with E-state index in [0.29, 0.717) is 17.9 Å². The largest absolute Gasteiger partial charge is 0.368 e. The molecule has 0 atom stereocenters. The predicted molar refractivity (Wildman–Crippen MR) is 79.1 cm³/mol. The second kappa shape index (κ2) is 4.42. The molecule has 4 aliphatic rings. The van der Waals surface area contributed by atoms with Gasteiger partial charge in [0, 0.05) is 17.5 Å². The molecule has 0 radical (unpaired) electrons. The summed E-state index contributed by atoms with van der Waals surface area (Å²) < 4.78 is 0. The third-order valence-electron chi connectivity index (χ3n) is 5.78. The van der Waals surface area contributed by atoms with E-state index in [9.17, 15) is 0 Å². The molecule has 0 aromatic carbocycles. The molecule has 4 heteroatoms. The van der Waals surface area contributed by atoms with E-state index in [1.807, 2.05) is 0 Å². The van der Waals surface area contributed by atoms with Gasteiger partial charge in [-0.1, -0.05) is 0 Å². The van der Waals surface area contributed by atoms with E-state index in [-0.39, 0.29) is 0 Å². The summed E-state index contributed by atoms with van der Waals surface area (Å²) in [6.45, 7) is 0.622.